The summed E-state index contributed by atoms with van der Waals surface area (Å²) in [6.45, 7) is 14.7. The van der Waals surface area contributed by atoms with Crippen molar-refractivity contribution < 1.29 is 0 Å². The maximum Gasteiger partial charge on any atom is -0.0132 e. The van der Waals surface area contributed by atoms with Crippen LogP contribution in [-0.4, -0.2) is 0 Å². The molecule has 12 heavy (non-hydrogen) atoms. The van der Waals surface area contributed by atoms with Crippen LogP contribution in [-0.2, 0) is 0 Å². The van der Waals surface area contributed by atoms with E-state index in [1.165, 1.54) is 16.7 Å². The van der Waals surface area contributed by atoms with E-state index in [9.17, 15) is 0 Å². The molecule has 0 rings (SSSR count). The summed E-state index contributed by atoms with van der Waals surface area (Å²) in [5, 5.41) is 0. The van der Waals surface area contributed by atoms with Crippen molar-refractivity contribution in [2.45, 2.75) is 41.0 Å². The third-order valence-electron chi connectivity index (χ3n) is 2.41. The summed E-state index contributed by atoms with van der Waals surface area (Å²) >= 11 is 0. The van der Waals surface area contributed by atoms with Gasteiger partial charge in [0.15, 0.2) is 0 Å². The van der Waals surface area contributed by atoms with Crippen LogP contribution in [0.4, 0.5) is 0 Å². The summed E-state index contributed by atoms with van der Waals surface area (Å²) in [6.07, 6.45) is 3.42. The Morgan fingerprint density at radius 3 is 2.08 bits per heavy atom. The van der Waals surface area contributed by atoms with Gasteiger partial charge in [-0.25, -0.2) is 0 Å². The molecule has 0 heteroatoms. The molecule has 1 atom stereocenters. The predicted octanol–water partition coefficient (Wildman–Crippen LogP) is 4.15. The van der Waals surface area contributed by atoms with E-state index in [-0.39, 0.29) is 0 Å². The average molecular weight is 165 g/mol. The molecule has 0 heterocycles. The van der Waals surface area contributed by atoms with Crippen LogP contribution in [0.5, 0.6) is 0 Å². The van der Waals surface area contributed by atoms with E-state index >= 15 is 0 Å². The predicted molar refractivity (Wildman–Crippen MR) is 56.9 cm³/mol. The smallest absolute Gasteiger partial charge is 0.0132 e. The monoisotopic (exact) mass is 165 g/mol. The summed E-state index contributed by atoms with van der Waals surface area (Å²) in [5.41, 5.74) is 4.08. The molecule has 0 bridgehead atoms. The minimum Gasteiger partial charge on any atom is -0.0999 e. The van der Waals surface area contributed by atoms with Gasteiger partial charge in [-0.3, -0.25) is 0 Å². The lowest BCUT2D eigenvalue weighted by Crippen LogP contribution is -1.96. The largest absolute Gasteiger partial charge is 0.0999 e. The van der Waals surface area contributed by atoms with Gasteiger partial charge in [0, 0.05) is 0 Å². The fourth-order valence-corrected chi connectivity index (χ4v) is 0.759. The molecule has 0 fully saturated rings. The maximum atomic E-state index is 3.94. The fourth-order valence-electron chi connectivity index (χ4n) is 0.759. The van der Waals surface area contributed by atoms with Gasteiger partial charge in [-0.2, -0.15) is 0 Å². The fraction of sp³-hybridized carbons (Fsp3) is 0.583. The Balaban J connectivity index is 3.85. The molecule has 0 aliphatic carbocycles. The van der Waals surface area contributed by atoms with Crippen LogP contribution in [0.25, 0.3) is 0 Å². The Kier molecular flexibility index (Phi) is 4.96. The van der Waals surface area contributed by atoms with E-state index in [0.29, 0.717) is 5.92 Å². The Labute approximate surface area is 77.4 Å². The minimum atomic E-state index is 0.610. The van der Waals surface area contributed by atoms with Crippen molar-refractivity contribution in [3.63, 3.8) is 0 Å². The van der Waals surface area contributed by atoms with Crippen LogP contribution in [0.3, 0.4) is 0 Å². The first-order valence-corrected chi connectivity index (χ1v) is 4.57. The van der Waals surface area contributed by atoms with E-state index in [1.807, 2.05) is 0 Å². The molecule has 0 nitrogen and oxygen atoms in total. The zero-order valence-corrected chi connectivity index (χ0v) is 9.07. The van der Waals surface area contributed by atoms with Gasteiger partial charge in [0.25, 0.3) is 0 Å². The van der Waals surface area contributed by atoms with Crippen molar-refractivity contribution in [2.75, 3.05) is 0 Å². The van der Waals surface area contributed by atoms with Gasteiger partial charge in [-0.1, -0.05) is 30.2 Å². The first kappa shape index (κ1) is 11.5. The van der Waals surface area contributed by atoms with Gasteiger partial charge >= 0.3 is 0 Å². The second-order valence-electron chi connectivity index (χ2n) is 3.87. The minimum absolute atomic E-state index is 0.610. The highest BCUT2D eigenvalue weighted by Gasteiger charge is 2.02. The molecule has 0 aliphatic heterocycles. The van der Waals surface area contributed by atoms with Crippen molar-refractivity contribution >= 4 is 0 Å². The van der Waals surface area contributed by atoms with Crippen molar-refractivity contribution in [2.24, 2.45) is 5.92 Å². The zero-order valence-electron chi connectivity index (χ0n) is 9.07. The molecule has 69 valence electrons. The summed E-state index contributed by atoms with van der Waals surface area (Å²) in [6, 6.07) is 0. The Hall–Kier alpha value is -0.520. The van der Waals surface area contributed by atoms with Crippen molar-refractivity contribution in [1.29, 1.82) is 0 Å². The molecule has 0 spiro atoms. The summed E-state index contributed by atoms with van der Waals surface area (Å²) < 4.78 is 0. The molecular formula is C12H21. The number of allylic oxidation sites excluding steroid dienone is 3. The molecule has 1 unspecified atom stereocenters. The molecule has 0 aromatic heterocycles. The molecular weight excluding hydrogens is 144 g/mol. The molecule has 1 radical (unpaired) electrons. The highest BCUT2D eigenvalue weighted by atomic mass is 14.1. The van der Waals surface area contributed by atoms with Crippen LogP contribution in [0, 0.1) is 12.3 Å². The van der Waals surface area contributed by atoms with E-state index in [1.54, 1.807) is 0 Å². The molecule has 0 aromatic carbocycles. The lowest BCUT2D eigenvalue weighted by Gasteiger charge is -2.11. The lowest BCUT2D eigenvalue weighted by atomic mass is 9.95. The number of hydrogen-bond acceptors (Lipinski definition) is 0. The van der Waals surface area contributed by atoms with Gasteiger partial charge in [-0.05, 0) is 46.5 Å². The SMILES string of the molecule is C=C(C)C(C)C[CH]C(C)=C(C)C. The highest BCUT2D eigenvalue weighted by Crippen LogP contribution is 2.17. The molecule has 0 aliphatic rings. The average Bonchev–Trinajstić information content (AvgIpc) is 1.98. The van der Waals surface area contributed by atoms with E-state index in [0.717, 1.165) is 6.42 Å². The molecule has 0 saturated heterocycles. The van der Waals surface area contributed by atoms with Crippen LogP contribution in [0.15, 0.2) is 23.3 Å². The van der Waals surface area contributed by atoms with Gasteiger partial charge in [0.1, 0.15) is 0 Å². The van der Waals surface area contributed by atoms with Gasteiger partial charge in [0.05, 0.1) is 0 Å². The third-order valence-corrected chi connectivity index (χ3v) is 2.41. The third kappa shape index (κ3) is 4.38. The Bertz CT molecular complexity index is 180. The lowest BCUT2D eigenvalue weighted by molar-refractivity contribution is 0.674. The van der Waals surface area contributed by atoms with Crippen LogP contribution >= 0.6 is 0 Å². The normalized spacial score (nSPS) is 12.4. The van der Waals surface area contributed by atoms with Crippen LogP contribution in [0.2, 0.25) is 0 Å². The first-order chi connectivity index (χ1) is 5.45. The molecule has 0 saturated carbocycles. The van der Waals surface area contributed by atoms with Crippen LogP contribution in [0.1, 0.15) is 41.0 Å². The number of hydrogen-bond donors (Lipinski definition) is 0. The van der Waals surface area contributed by atoms with Crippen molar-refractivity contribution in [3.05, 3.63) is 29.7 Å². The van der Waals surface area contributed by atoms with E-state index in [4.69, 9.17) is 0 Å². The molecule has 0 N–H and O–H groups in total. The summed E-state index contributed by atoms with van der Waals surface area (Å²) in [4.78, 5) is 0. The quantitative estimate of drug-likeness (QED) is 0.549. The van der Waals surface area contributed by atoms with E-state index in [2.05, 4.69) is 47.6 Å². The van der Waals surface area contributed by atoms with Crippen molar-refractivity contribution in [3.8, 4) is 0 Å². The molecule has 0 aromatic rings. The van der Waals surface area contributed by atoms with Crippen molar-refractivity contribution in [1.82, 2.24) is 0 Å². The summed E-state index contributed by atoms with van der Waals surface area (Å²) in [7, 11) is 0. The number of rotatable bonds is 4. The second-order valence-corrected chi connectivity index (χ2v) is 3.87. The van der Waals surface area contributed by atoms with Gasteiger partial charge in [0.2, 0.25) is 0 Å². The van der Waals surface area contributed by atoms with Gasteiger partial charge < -0.3 is 0 Å². The van der Waals surface area contributed by atoms with Gasteiger partial charge in [-0.15, -0.1) is 0 Å². The Morgan fingerprint density at radius 2 is 1.75 bits per heavy atom. The zero-order chi connectivity index (χ0) is 9.72. The molecule has 0 amide bonds. The highest BCUT2D eigenvalue weighted by molar-refractivity contribution is 5.17. The topological polar surface area (TPSA) is 0 Å². The first-order valence-electron chi connectivity index (χ1n) is 4.57. The second kappa shape index (κ2) is 5.18. The standard InChI is InChI=1S/C12H21/c1-9(2)11(5)7-8-12(6)10(3)4/h8,11H,1,7H2,2-6H3. The maximum absolute atomic E-state index is 3.94. The Morgan fingerprint density at radius 1 is 1.25 bits per heavy atom. The van der Waals surface area contributed by atoms with E-state index < -0.39 is 0 Å². The summed E-state index contributed by atoms with van der Waals surface area (Å²) in [5.74, 6) is 0.610. The van der Waals surface area contributed by atoms with Crippen LogP contribution < -0.4 is 0 Å².